The molecule has 0 saturated carbocycles. The molecule has 10 nitrogen and oxygen atoms in total. The molecule has 0 radical (unpaired) electrons. The molecule has 1 aromatic heterocycles. The van der Waals surface area contributed by atoms with Gasteiger partial charge in [0, 0.05) is 19.2 Å². The Bertz CT molecular complexity index is 1400. The minimum atomic E-state index is -0.875. The summed E-state index contributed by atoms with van der Waals surface area (Å²) in [6, 6.07) is 18.2. The first-order valence-electron chi connectivity index (χ1n) is 12.9. The fraction of sp³-hybridized carbons (Fsp3) is 0.300. The molecule has 40 heavy (non-hydrogen) atoms. The Morgan fingerprint density at radius 3 is 2.17 bits per heavy atom. The van der Waals surface area contributed by atoms with Crippen LogP contribution in [0.1, 0.15) is 50.4 Å². The molecule has 10 heteroatoms. The van der Waals surface area contributed by atoms with Gasteiger partial charge in [0.1, 0.15) is 29.8 Å². The normalized spacial score (nSPS) is 12.9. The van der Waals surface area contributed by atoms with Crippen LogP contribution in [0, 0.1) is 5.41 Å². The molecule has 0 unspecified atom stereocenters. The monoisotopic (exact) mass is 543 g/mol. The van der Waals surface area contributed by atoms with Crippen LogP contribution in [0.15, 0.2) is 60.7 Å². The Morgan fingerprint density at radius 1 is 1.00 bits per heavy atom. The quantitative estimate of drug-likeness (QED) is 0.331. The summed E-state index contributed by atoms with van der Waals surface area (Å²) < 4.78 is 10.9. The number of anilines is 2. The molecule has 0 fully saturated rings. The maximum Gasteiger partial charge on any atom is 0.412 e. The molecule has 0 bridgehead atoms. The van der Waals surface area contributed by atoms with E-state index in [4.69, 9.17) is 14.9 Å². The van der Waals surface area contributed by atoms with Crippen molar-refractivity contribution >= 4 is 35.8 Å². The second-order valence-electron chi connectivity index (χ2n) is 10.5. The van der Waals surface area contributed by atoms with Crippen molar-refractivity contribution in [1.82, 2.24) is 9.88 Å². The number of fused-ring (bicyclic) bond motifs is 3. The third kappa shape index (κ3) is 6.28. The smallest absolute Gasteiger partial charge is 0.412 e. The second kappa shape index (κ2) is 11.6. The fourth-order valence-corrected chi connectivity index (χ4v) is 4.43. The van der Waals surface area contributed by atoms with E-state index in [0.717, 1.165) is 28.5 Å². The number of hydrogen-bond donors (Lipinski definition) is 3. The van der Waals surface area contributed by atoms with E-state index in [0.29, 0.717) is 0 Å². The van der Waals surface area contributed by atoms with Gasteiger partial charge in [-0.1, -0.05) is 48.5 Å². The summed E-state index contributed by atoms with van der Waals surface area (Å²) >= 11 is 0. The number of ether oxygens (including phenoxy) is 2. The lowest BCUT2D eigenvalue weighted by Crippen LogP contribution is -2.43. The molecule has 0 spiro atoms. The molecule has 1 heterocycles. The number of benzene rings is 2. The van der Waals surface area contributed by atoms with Crippen LogP contribution in [0.2, 0.25) is 0 Å². The first-order valence-corrected chi connectivity index (χ1v) is 12.9. The first kappa shape index (κ1) is 28.3. The van der Waals surface area contributed by atoms with E-state index < -0.39 is 29.7 Å². The summed E-state index contributed by atoms with van der Waals surface area (Å²) in [6.45, 7) is 6.93. The third-order valence-electron chi connectivity index (χ3n) is 6.53. The van der Waals surface area contributed by atoms with E-state index in [2.05, 4.69) is 27.8 Å². The predicted molar refractivity (Wildman–Crippen MR) is 153 cm³/mol. The van der Waals surface area contributed by atoms with Gasteiger partial charge < -0.3 is 20.2 Å². The molecule has 3 amide bonds. The molecule has 3 aromatic rings. The van der Waals surface area contributed by atoms with E-state index in [-0.39, 0.29) is 29.7 Å². The molecule has 1 aliphatic rings. The summed E-state index contributed by atoms with van der Waals surface area (Å²) in [7, 11) is 1.49. The molecule has 3 N–H and O–H groups in total. The van der Waals surface area contributed by atoms with Crippen molar-refractivity contribution in [1.29, 1.82) is 5.41 Å². The highest BCUT2D eigenvalue weighted by Gasteiger charge is 2.31. The summed E-state index contributed by atoms with van der Waals surface area (Å²) in [5.41, 5.74) is 4.15. The van der Waals surface area contributed by atoms with Crippen molar-refractivity contribution in [3.8, 4) is 11.1 Å². The second-order valence-corrected chi connectivity index (χ2v) is 10.5. The minimum absolute atomic E-state index is 0.0922. The van der Waals surface area contributed by atoms with Crippen molar-refractivity contribution in [3.05, 3.63) is 77.5 Å². The number of nitrogens with zero attached hydrogens (tertiary/aromatic N) is 2. The van der Waals surface area contributed by atoms with Gasteiger partial charge in [-0.05, 0) is 62.1 Å². The highest BCUT2D eigenvalue weighted by molar-refractivity contribution is 5.97. The number of likely N-dealkylation sites (N-methyl/N-ethyl adjacent to an activating group) is 1. The van der Waals surface area contributed by atoms with Gasteiger partial charge in [-0.25, -0.2) is 14.6 Å². The topological polar surface area (TPSA) is 134 Å². The fourth-order valence-electron chi connectivity index (χ4n) is 4.43. The van der Waals surface area contributed by atoms with E-state index >= 15 is 0 Å². The van der Waals surface area contributed by atoms with Crippen molar-refractivity contribution in [2.75, 3.05) is 24.3 Å². The first-order chi connectivity index (χ1) is 19.0. The van der Waals surface area contributed by atoms with Crippen LogP contribution in [0.25, 0.3) is 11.1 Å². The molecule has 1 atom stereocenters. The number of carbonyl (C=O) groups excluding carboxylic acids is 3. The summed E-state index contributed by atoms with van der Waals surface area (Å²) in [5.74, 6) is -0.427. The lowest BCUT2D eigenvalue weighted by Gasteiger charge is -2.24. The standard InChI is InChI=1S/C30H33N5O5/c1-18(27(36)34-26-15-14-24(25(16-31)32-26)33-28(37)40-30(2,3)4)35(5)29(38)39-17-23-21-12-8-6-10-19(21)20-11-7-9-13-22(20)23/h6-16,18,23,31H,17H2,1-5H3,(H,33,37)(H,32,34,36)/t18-/m1/s1. The maximum absolute atomic E-state index is 12.9. The van der Waals surface area contributed by atoms with Crippen LogP contribution < -0.4 is 10.6 Å². The Hall–Kier alpha value is -4.73. The Labute approximate surface area is 233 Å². The van der Waals surface area contributed by atoms with Crippen LogP contribution in [0.3, 0.4) is 0 Å². The average Bonchev–Trinajstić information content (AvgIpc) is 3.24. The number of carbonyl (C=O) groups is 3. The Morgan fingerprint density at radius 2 is 1.60 bits per heavy atom. The number of rotatable bonds is 7. The number of amides is 3. The van der Waals surface area contributed by atoms with Crippen molar-refractivity contribution < 1.29 is 23.9 Å². The molecule has 4 rings (SSSR count). The number of nitrogens with one attached hydrogen (secondary N) is 3. The van der Waals surface area contributed by atoms with Crippen LogP contribution in [0.4, 0.5) is 21.1 Å². The van der Waals surface area contributed by atoms with Gasteiger partial charge in [-0.2, -0.15) is 0 Å². The van der Waals surface area contributed by atoms with Gasteiger partial charge in [0.15, 0.2) is 0 Å². The van der Waals surface area contributed by atoms with E-state index in [9.17, 15) is 14.4 Å². The van der Waals surface area contributed by atoms with Crippen LogP contribution in [0.5, 0.6) is 0 Å². The lowest BCUT2D eigenvalue weighted by atomic mass is 9.98. The van der Waals surface area contributed by atoms with Crippen LogP contribution in [-0.4, -0.2) is 59.5 Å². The molecular weight excluding hydrogens is 510 g/mol. The van der Waals surface area contributed by atoms with Gasteiger partial charge in [-0.15, -0.1) is 0 Å². The van der Waals surface area contributed by atoms with Gasteiger partial charge >= 0.3 is 12.2 Å². The van der Waals surface area contributed by atoms with Crippen molar-refractivity contribution in [2.45, 2.75) is 45.3 Å². The Kier molecular flexibility index (Phi) is 8.18. The third-order valence-corrected chi connectivity index (χ3v) is 6.53. The van der Waals surface area contributed by atoms with Crippen molar-refractivity contribution in [3.63, 3.8) is 0 Å². The van der Waals surface area contributed by atoms with Crippen LogP contribution >= 0.6 is 0 Å². The SMILES string of the molecule is C[C@H](C(=O)Nc1ccc(NC(=O)OC(C)(C)C)c(C=N)n1)N(C)C(=O)OCC1c2ccccc2-c2ccccc21. The number of hydrogen-bond acceptors (Lipinski definition) is 7. The average molecular weight is 544 g/mol. The molecule has 0 saturated heterocycles. The maximum atomic E-state index is 12.9. The number of pyridine rings is 1. The zero-order chi connectivity index (χ0) is 29.0. The minimum Gasteiger partial charge on any atom is -0.448 e. The summed E-state index contributed by atoms with van der Waals surface area (Å²) in [5, 5.41) is 12.8. The van der Waals surface area contributed by atoms with Gasteiger partial charge in [-0.3, -0.25) is 15.0 Å². The van der Waals surface area contributed by atoms with Crippen molar-refractivity contribution in [2.24, 2.45) is 0 Å². The zero-order valence-electron chi connectivity index (χ0n) is 23.1. The van der Waals surface area contributed by atoms with Gasteiger partial charge in [0.05, 0.1) is 5.69 Å². The van der Waals surface area contributed by atoms with Gasteiger partial charge in [0.25, 0.3) is 0 Å². The lowest BCUT2D eigenvalue weighted by molar-refractivity contribution is -0.120. The highest BCUT2D eigenvalue weighted by atomic mass is 16.6. The molecular formula is C30H33N5O5. The number of aromatic nitrogens is 1. The summed E-state index contributed by atoms with van der Waals surface area (Å²) in [4.78, 5) is 43.3. The van der Waals surface area contributed by atoms with E-state index in [1.54, 1.807) is 27.7 Å². The summed E-state index contributed by atoms with van der Waals surface area (Å²) in [6.07, 6.45) is -0.365. The van der Waals surface area contributed by atoms with Gasteiger partial charge in [0.2, 0.25) is 5.91 Å². The molecule has 1 aliphatic carbocycles. The zero-order valence-corrected chi connectivity index (χ0v) is 23.1. The largest absolute Gasteiger partial charge is 0.448 e. The molecule has 2 aromatic carbocycles. The van der Waals surface area contributed by atoms with E-state index in [1.807, 2.05) is 36.4 Å². The Balaban J connectivity index is 1.36. The van der Waals surface area contributed by atoms with E-state index in [1.165, 1.54) is 24.1 Å². The molecule has 208 valence electrons. The van der Waals surface area contributed by atoms with Crippen LogP contribution in [-0.2, 0) is 14.3 Å². The highest BCUT2D eigenvalue weighted by Crippen LogP contribution is 2.44. The molecule has 0 aliphatic heterocycles. The predicted octanol–water partition coefficient (Wildman–Crippen LogP) is 5.63.